The summed E-state index contributed by atoms with van der Waals surface area (Å²) in [4.78, 5) is 0. The van der Waals surface area contributed by atoms with E-state index in [1.54, 1.807) is 18.2 Å². The van der Waals surface area contributed by atoms with E-state index in [4.69, 9.17) is 11.6 Å². The molecule has 1 N–H and O–H groups in total. The maximum absolute atomic E-state index is 13.9. The lowest BCUT2D eigenvalue weighted by Crippen LogP contribution is -2.23. The fourth-order valence-corrected chi connectivity index (χ4v) is 2.60. The van der Waals surface area contributed by atoms with Crippen LogP contribution in [-0.2, 0) is 6.42 Å². The second kappa shape index (κ2) is 7.34. The van der Waals surface area contributed by atoms with Crippen LogP contribution in [0.5, 0.6) is 0 Å². The number of halogens is 4. The third-order valence-corrected chi connectivity index (χ3v) is 4.11. The van der Waals surface area contributed by atoms with Crippen LogP contribution in [0.15, 0.2) is 40.9 Å². The van der Waals surface area contributed by atoms with Gasteiger partial charge in [0.25, 0.3) is 0 Å². The monoisotopic (exact) mass is 373 g/mol. The van der Waals surface area contributed by atoms with Gasteiger partial charge in [-0.25, -0.2) is 8.78 Å². The first kappa shape index (κ1) is 16.4. The first-order chi connectivity index (χ1) is 10.0. The smallest absolute Gasteiger partial charge is 0.137 e. The lowest BCUT2D eigenvalue weighted by molar-refractivity contribution is 0.523. The maximum Gasteiger partial charge on any atom is 0.137 e. The molecule has 0 heterocycles. The van der Waals surface area contributed by atoms with Crippen LogP contribution in [0.1, 0.15) is 24.1 Å². The van der Waals surface area contributed by atoms with Gasteiger partial charge in [-0.1, -0.05) is 30.7 Å². The van der Waals surface area contributed by atoms with Crippen LogP contribution in [-0.4, -0.2) is 6.54 Å². The average molecular weight is 375 g/mol. The molecule has 0 radical (unpaired) electrons. The van der Waals surface area contributed by atoms with Crippen LogP contribution in [0.4, 0.5) is 8.78 Å². The van der Waals surface area contributed by atoms with Gasteiger partial charge in [0.15, 0.2) is 0 Å². The Labute approximate surface area is 136 Å². The summed E-state index contributed by atoms with van der Waals surface area (Å²) < 4.78 is 28.0. The highest BCUT2D eigenvalue weighted by Crippen LogP contribution is 2.25. The molecule has 0 aliphatic carbocycles. The SMILES string of the molecule is CCNC(Cc1ccc(Cl)cc1F)c1ccc(Br)c(F)c1. The lowest BCUT2D eigenvalue weighted by atomic mass is 9.98. The van der Waals surface area contributed by atoms with Crippen molar-refractivity contribution in [1.29, 1.82) is 0 Å². The molecule has 5 heteroatoms. The minimum Gasteiger partial charge on any atom is -0.310 e. The molecule has 0 fully saturated rings. The summed E-state index contributed by atoms with van der Waals surface area (Å²) in [6.07, 6.45) is 0.428. The zero-order chi connectivity index (χ0) is 15.4. The summed E-state index contributed by atoms with van der Waals surface area (Å²) >= 11 is 8.89. The Hall–Kier alpha value is -0.970. The van der Waals surface area contributed by atoms with Crippen molar-refractivity contribution in [2.75, 3.05) is 6.54 Å². The Kier molecular flexibility index (Phi) is 5.73. The second-order valence-electron chi connectivity index (χ2n) is 4.72. The van der Waals surface area contributed by atoms with Crippen molar-refractivity contribution in [3.05, 3.63) is 68.7 Å². The Bertz CT molecular complexity index is 634. The summed E-state index contributed by atoms with van der Waals surface area (Å²) in [5, 5.41) is 3.62. The zero-order valence-corrected chi connectivity index (χ0v) is 13.8. The van der Waals surface area contributed by atoms with Gasteiger partial charge in [0, 0.05) is 11.1 Å². The van der Waals surface area contributed by atoms with E-state index in [1.165, 1.54) is 12.1 Å². The van der Waals surface area contributed by atoms with Gasteiger partial charge in [0.1, 0.15) is 11.6 Å². The van der Waals surface area contributed by atoms with Gasteiger partial charge in [0.2, 0.25) is 0 Å². The Morgan fingerprint density at radius 3 is 2.52 bits per heavy atom. The van der Waals surface area contributed by atoms with E-state index in [9.17, 15) is 8.78 Å². The number of hydrogen-bond acceptors (Lipinski definition) is 1. The van der Waals surface area contributed by atoms with Crippen molar-refractivity contribution in [3.8, 4) is 0 Å². The molecule has 21 heavy (non-hydrogen) atoms. The van der Waals surface area contributed by atoms with Crippen LogP contribution in [0, 0.1) is 11.6 Å². The molecule has 0 saturated carbocycles. The summed E-state index contributed by atoms with van der Waals surface area (Å²) in [5.41, 5.74) is 1.33. The highest BCUT2D eigenvalue weighted by atomic mass is 79.9. The third-order valence-electron chi connectivity index (χ3n) is 3.24. The number of nitrogens with one attached hydrogen (secondary N) is 1. The van der Waals surface area contributed by atoms with Crippen molar-refractivity contribution in [1.82, 2.24) is 5.32 Å². The van der Waals surface area contributed by atoms with Crippen molar-refractivity contribution in [2.24, 2.45) is 0 Å². The first-order valence-corrected chi connectivity index (χ1v) is 7.80. The highest BCUT2D eigenvalue weighted by molar-refractivity contribution is 9.10. The average Bonchev–Trinajstić information content (AvgIpc) is 2.44. The van der Waals surface area contributed by atoms with E-state index < -0.39 is 0 Å². The predicted molar refractivity (Wildman–Crippen MR) is 85.6 cm³/mol. The molecule has 2 aromatic carbocycles. The van der Waals surface area contributed by atoms with E-state index in [0.29, 0.717) is 28.0 Å². The molecule has 0 spiro atoms. The zero-order valence-electron chi connectivity index (χ0n) is 11.5. The van der Waals surface area contributed by atoms with Crippen LogP contribution in [0.3, 0.4) is 0 Å². The van der Waals surface area contributed by atoms with Crippen LogP contribution in [0.2, 0.25) is 5.02 Å². The first-order valence-electron chi connectivity index (χ1n) is 6.63. The topological polar surface area (TPSA) is 12.0 Å². The van der Waals surface area contributed by atoms with E-state index in [-0.39, 0.29) is 17.7 Å². The summed E-state index contributed by atoms with van der Waals surface area (Å²) in [7, 11) is 0. The van der Waals surface area contributed by atoms with Gasteiger partial charge in [-0.3, -0.25) is 0 Å². The molecule has 2 rings (SSSR count). The predicted octanol–water partition coefficient (Wildman–Crippen LogP) is 5.27. The van der Waals surface area contributed by atoms with Gasteiger partial charge < -0.3 is 5.32 Å². The van der Waals surface area contributed by atoms with Crippen molar-refractivity contribution in [3.63, 3.8) is 0 Å². The maximum atomic E-state index is 13.9. The summed E-state index contributed by atoms with van der Waals surface area (Å²) in [5.74, 6) is -0.671. The minimum atomic E-state index is -0.344. The molecule has 112 valence electrons. The van der Waals surface area contributed by atoms with Crippen LogP contribution in [0.25, 0.3) is 0 Å². The summed E-state index contributed by atoms with van der Waals surface area (Å²) in [6, 6.07) is 9.41. The standard InChI is InChI=1S/C16H15BrClF2N/c1-2-21-16(11-4-6-13(17)15(20)7-11)8-10-3-5-12(18)9-14(10)19/h3-7,9,16,21H,2,8H2,1H3. The minimum absolute atomic E-state index is 0.159. The van der Waals surface area contributed by atoms with Crippen LogP contribution < -0.4 is 5.32 Å². The van der Waals surface area contributed by atoms with Gasteiger partial charge >= 0.3 is 0 Å². The lowest BCUT2D eigenvalue weighted by Gasteiger charge is -2.19. The Morgan fingerprint density at radius 1 is 1.14 bits per heavy atom. The van der Waals surface area contributed by atoms with Crippen molar-refractivity contribution < 1.29 is 8.78 Å². The largest absolute Gasteiger partial charge is 0.310 e. The Balaban J connectivity index is 2.28. The van der Waals surface area contributed by atoms with E-state index >= 15 is 0 Å². The summed E-state index contributed by atoms with van der Waals surface area (Å²) in [6.45, 7) is 2.66. The van der Waals surface area contributed by atoms with Gasteiger partial charge in [-0.05, 0) is 64.3 Å². The van der Waals surface area contributed by atoms with Crippen molar-refractivity contribution in [2.45, 2.75) is 19.4 Å². The molecule has 0 bridgehead atoms. The molecule has 0 saturated heterocycles. The van der Waals surface area contributed by atoms with Gasteiger partial charge in [-0.15, -0.1) is 0 Å². The highest BCUT2D eigenvalue weighted by Gasteiger charge is 2.15. The quantitative estimate of drug-likeness (QED) is 0.751. The second-order valence-corrected chi connectivity index (χ2v) is 6.01. The van der Waals surface area contributed by atoms with Gasteiger partial charge in [-0.2, -0.15) is 0 Å². The van der Waals surface area contributed by atoms with E-state index in [1.807, 2.05) is 13.0 Å². The van der Waals surface area contributed by atoms with E-state index in [2.05, 4.69) is 21.2 Å². The molecular formula is C16H15BrClF2N. The normalized spacial score (nSPS) is 12.4. The fourth-order valence-electron chi connectivity index (χ4n) is 2.19. The number of likely N-dealkylation sites (N-methyl/N-ethyl adjacent to an activating group) is 1. The van der Waals surface area contributed by atoms with Crippen LogP contribution >= 0.6 is 27.5 Å². The van der Waals surface area contributed by atoms with Crippen molar-refractivity contribution >= 4 is 27.5 Å². The molecule has 1 nitrogen and oxygen atoms in total. The number of rotatable bonds is 5. The van der Waals surface area contributed by atoms with E-state index in [0.717, 1.165) is 5.56 Å². The number of hydrogen-bond donors (Lipinski definition) is 1. The molecular weight excluding hydrogens is 360 g/mol. The molecule has 0 aliphatic rings. The molecule has 0 aromatic heterocycles. The third kappa shape index (κ3) is 4.25. The van der Waals surface area contributed by atoms with Gasteiger partial charge in [0.05, 0.1) is 4.47 Å². The molecule has 1 atom stereocenters. The molecule has 0 aliphatic heterocycles. The molecule has 0 amide bonds. The molecule has 2 aromatic rings. The molecule has 1 unspecified atom stereocenters. The number of benzene rings is 2. The Morgan fingerprint density at radius 2 is 1.90 bits per heavy atom. The fraction of sp³-hybridized carbons (Fsp3) is 0.250.